The van der Waals surface area contributed by atoms with Crippen molar-refractivity contribution < 1.29 is 4.79 Å². The van der Waals surface area contributed by atoms with Gasteiger partial charge in [0.25, 0.3) is 5.91 Å². The van der Waals surface area contributed by atoms with Crippen molar-refractivity contribution in [3.05, 3.63) is 71.5 Å². The molecule has 1 unspecified atom stereocenters. The van der Waals surface area contributed by atoms with Gasteiger partial charge in [-0.05, 0) is 43.2 Å². The number of nitrogens with one attached hydrogen (secondary N) is 1. The highest BCUT2D eigenvalue weighted by molar-refractivity contribution is 6.30. The lowest BCUT2D eigenvalue weighted by Gasteiger charge is -2.32. The van der Waals surface area contributed by atoms with Crippen molar-refractivity contribution in [2.75, 3.05) is 18.4 Å². The summed E-state index contributed by atoms with van der Waals surface area (Å²) in [6.07, 6.45) is 8.44. The van der Waals surface area contributed by atoms with Crippen LogP contribution in [0.1, 0.15) is 34.8 Å². The van der Waals surface area contributed by atoms with Gasteiger partial charge in [0.2, 0.25) is 5.95 Å². The summed E-state index contributed by atoms with van der Waals surface area (Å²) in [5.41, 5.74) is 2.30. The van der Waals surface area contributed by atoms with Crippen molar-refractivity contribution in [3.8, 4) is 0 Å². The summed E-state index contributed by atoms with van der Waals surface area (Å²) in [6.45, 7) is 1.38. The Morgan fingerprint density at radius 3 is 2.71 bits per heavy atom. The van der Waals surface area contributed by atoms with Crippen LogP contribution in [0, 0.1) is 0 Å². The van der Waals surface area contributed by atoms with Crippen LogP contribution in [0.5, 0.6) is 0 Å². The lowest BCUT2D eigenvalue weighted by Crippen LogP contribution is -2.39. The van der Waals surface area contributed by atoms with Gasteiger partial charge in [-0.1, -0.05) is 11.6 Å². The zero-order chi connectivity index (χ0) is 19.3. The van der Waals surface area contributed by atoms with E-state index in [9.17, 15) is 4.79 Å². The van der Waals surface area contributed by atoms with E-state index < -0.39 is 0 Å². The van der Waals surface area contributed by atoms with E-state index in [-0.39, 0.29) is 11.8 Å². The number of benzene rings is 1. The number of rotatable bonds is 4. The molecule has 142 valence electrons. The molecule has 1 aliphatic heterocycles. The molecule has 1 fully saturated rings. The number of nitrogens with zero attached hydrogens (tertiary/aromatic N) is 5. The number of piperidine rings is 1. The largest absolute Gasteiger partial charge is 0.338 e. The average Bonchev–Trinajstić information content (AvgIpc) is 2.75. The molecule has 1 atom stereocenters. The van der Waals surface area contributed by atoms with Crippen molar-refractivity contribution in [1.82, 2.24) is 24.8 Å². The van der Waals surface area contributed by atoms with Gasteiger partial charge in [-0.15, -0.1) is 0 Å². The van der Waals surface area contributed by atoms with Crippen molar-refractivity contribution in [2.45, 2.75) is 18.8 Å². The molecule has 28 heavy (non-hydrogen) atoms. The van der Waals surface area contributed by atoms with Gasteiger partial charge >= 0.3 is 0 Å². The maximum Gasteiger partial charge on any atom is 0.253 e. The van der Waals surface area contributed by atoms with Crippen molar-refractivity contribution in [2.24, 2.45) is 0 Å². The van der Waals surface area contributed by atoms with E-state index in [2.05, 4.69) is 25.3 Å². The number of amides is 1. The molecule has 1 N–H and O–H groups in total. The number of likely N-dealkylation sites (tertiary alicyclic amines) is 1. The highest BCUT2D eigenvalue weighted by Crippen LogP contribution is 2.27. The average molecular weight is 395 g/mol. The summed E-state index contributed by atoms with van der Waals surface area (Å²) in [6, 6.07) is 8.93. The standard InChI is InChI=1S/C20H19ClN6O/c21-16-5-3-14(4-6-16)19(28)27-9-1-2-15(12-27)18-7-8-24-20(26-18)25-17-10-22-13-23-11-17/h3-8,10-11,13,15H,1-2,9,12H2,(H,24,25,26). The number of aromatic nitrogens is 4. The van der Waals surface area contributed by atoms with E-state index >= 15 is 0 Å². The number of hydrogen-bond donors (Lipinski definition) is 1. The van der Waals surface area contributed by atoms with Crippen LogP contribution in [0.4, 0.5) is 11.6 Å². The Kier molecular flexibility index (Phi) is 5.43. The van der Waals surface area contributed by atoms with Gasteiger partial charge in [0.15, 0.2) is 0 Å². The SMILES string of the molecule is O=C(c1ccc(Cl)cc1)N1CCCC(c2ccnc(Nc3cncnc3)n2)C1. The van der Waals surface area contributed by atoms with E-state index in [1.165, 1.54) is 6.33 Å². The molecule has 0 aliphatic carbocycles. The Morgan fingerprint density at radius 1 is 1.14 bits per heavy atom. The van der Waals surface area contributed by atoms with Gasteiger partial charge in [-0.2, -0.15) is 0 Å². The minimum absolute atomic E-state index is 0.0233. The predicted octanol–water partition coefficient (Wildman–Crippen LogP) is 3.68. The van der Waals surface area contributed by atoms with Crippen LogP contribution in [0.2, 0.25) is 5.02 Å². The monoisotopic (exact) mass is 394 g/mol. The van der Waals surface area contributed by atoms with E-state index in [4.69, 9.17) is 11.6 Å². The van der Waals surface area contributed by atoms with E-state index in [0.717, 1.165) is 30.8 Å². The zero-order valence-electron chi connectivity index (χ0n) is 15.1. The molecule has 1 amide bonds. The molecule has 7 nitrogen and oxygen atoms in total. The lowest BCUT2D eigenvalue weighted by molar-refractivity contribution is 0.0706. The molecule has 0 radical (unpaired) electrons. The van der Waals surface area contributed by atoms with Gasteiger partial charge < -0.3 is 10.2 Å². The molecular formula is C20H19ClN6O. The summed E-state index contributed by atoms with van der Waals surface area (Å²) in [7, 11) is 0. The predicted molar refractivity (Wildman–Crippen MR) is 107 cm³/mol. The maximum atomic E-state index is 12.8. The Hall–Kier alpha value is -3.06. The van der Waals surface area contributed by atoms with Crippen LogP contribution < -0.4 is 5.32 Å². The number of hydrogen-bond acceptors (Lipinski definition) is 6. The molecule has 0 bridgehead atoms. The summed E-state index contributed by atoms with van der Waals surface area (Å²) >= 11 is 5.93. The Bertz CT molecular complexity index is 950. The van der Waals surface area contributed by atoms with Gasteiger partial charge in [0.05, 0.1) is 23.8 Å². The number of anilines is 2. The van der Waals surface area contributed by atoms with Crippen LogP contribution in [0.15, 0.2) is 55.2 Å². The second-order valence-electron chi connectivity index (χ2n) is 6.65. The maximum absolute atomic E-state index is 12.8. The topological polar surface area (TPSA) is 83.9 Å². The molecule has 4 rings (SSSR count). The smallest absolute Gasteiger partial charge is 0.253 e. The first-order valence-corrected chi connectivity index (χ1v) is 9.46. The molecule has 3 aromatic rings. The van der Waals surface area contributed by atoms with Crippen LogP contribution in [0.3, 0.4) is 0 Å². The third-order valence-corrected chi connectivity index (χ3v) is 4.96. The molecule has 1 aliphatic rings. The molecule has 1 saturated heterocycles. The molecule has 1 aromatic carbocycles. The molecule has 0 saturated carbocycles. The minimum atomic E-state index is 0.0233. The van der Waals surface area contributed by atoms with Crippen LogP contribution >= 0.6 is 11.6 Å². The summed E-state index contributed by atoms with van der Waals surface area (Å²) < 4.78 is 0. The Morgan fingerprint density at radius 2 is 1.93 bits per heavy atom. The first-order valence-electron chi connectivity index (χ1n) is 9.09. The van der Waals surface area contributed by atoms with Crippen LogP contribution in [0.25, 0.3) is 0 Å². The van der Waals surface area contributed by atoms with E-state index in [0.29, 0.717) is 23.1 Å². The van der Waals surface area contributed by atoms with Crippen molar-refractivity contribution >= 4 is 29.1 Å². The summed E-state index contributed by atoms with van der Waals surface area (Å²) in [4.78, 5) is 31.6. The van der Waals surface area contributed by atoms with E-state index in [1.54, 1.807) is 42.9 Å². The number of carbonyl (C=O) groups is 1. The fraction of sp³-hybridized carbons (Fsp3) is 0.250. The number of halogens is 1. The first-order chi connectivity index (χ1) is 13.7. The molecule has 3 heterocycles. The molecule has 0 spiro atoms. The third kappa shape index (κ3) is 4.26. The first kappa shape index (κ1) is 18.3. The normalized spacial score (nSPS) is 16.6. The Labute approximate surface area is 167 Å². The van der Waals surface area contributed by atoms with Gasteiger partial charge in [-0.25, -0.2) is 19.9 Å². The molecular weight excluding hydrogens is 376 g/mol. The van der Waals surface area contributed by atoms with E-state index in [1.807, 2.05) is 11.0 Å². The summed E-state index contributed by atoms with van der Waals surface area (Å²) in [5.74, 6) is 0.684. The second kappa shape index (κ2) is 8.31. The van der Waals surface area contributed by atoms with Crippen LogP contribution in [-0.2, 0) is 0 Å². The number of carbonyl (C=O) groups excluding carboxylic acids is 1. The highest BCUT2D eigenvalue weighted by atomic mass is 35.5. The fourth-order valence-corrected chi connectivity index (χ4v) is 3.46. The lowest BCUT2D eigenvalue weighted by atomic mass is 9.94. The van der Waals surface area contributed by atoms with Gasteiger partial charge in [-0.3, -0.25) is 4.79 Å². The van der Waals surface area contributed by atoms with Crippen molar-refractivity contribution in [1.29, 1.82) is 0 Å². The zero-order valence-corrected chi connectivity index (χ0v) is 15.9. The van der Waals surface area contributed by atoms with Crippen molar-refractivity contribution in [3.63, 3.8) is 0 Å². The second-order valence-corrected chi connectivity index (χ2v) is 7.09. The third-order valence-electron chi connectivity index (χ3n) is 4.71. The molecule has 8 heteroatoms. The quantitative estimate of drug-likeness (QED) is 0.726. The minimum Gasteiger partial charge on any atom is -0.338 e. The molecule has 2 aromatic heterocycles. The van der Waals surface area contributed by atoms with Gasteiger partial charge in [0, 0.05) is 35.8 Å². The van der Waals surface area contributed by atoms with Gasteiger partial charge in [0.1, 0.15) is 6.33 Å². The fourth-order valence-electron chi connectivity index (χ4n) is 3.33. The summed E-state index contributed by atoms with van der Waals surface area (Å²) in [5, 5.41) is 3.73. The van der Waals surface area contributed by atoms with Crippen LogP contribution in [-0.4, -0.2) is 43.8 Å². The highest BCUT2D eigenvalue weighted by Gasteiger charge is 2.26. The Balaban J connectivity index is 1.48.